The van der Waals surface area contributed by atoms with Crippen molar-refractivity contribution in [2.24, 2.45) is 0 Å². The smallest absolute Gasteiger partial charge is 0.330 e. The lowest BCUT2D eigenvalue weighted by Gasteiger charge is -1.96. The van der Waals surface area contributed by atoms with Crippen LogP contribution in [-0.2, 0) is 9.53 Å². The van der Waals surface area contributed by atoms with Crippen LogP contribution in [0.4, 0.5) is 0 Å². The molecule has 0 N–H and O–H groups in total. The van der Waals surface area contributed by atoms with E-state index in [9.17, 15) is 4.79 Å². The molecule has 23 heavy (non-hydrogen) atoms. The number of hydrogen-bond donors (Lipinski definition) is 0. The summed E-state index contributed by atoms with van der Waals surface area (Å²) in [4.78, 5) is 12.5. The zero-order valence-corrected chi connectivity index (χ0v) is 15.8. The number of carbonyl (C=O) groups excluding carboxylic acids is 1. The molecule has 0 radical (unpaired) electrons. The third-order valence-corrected chi connectivity index (χ3v) is 4.71. The minimum atomic E-state index is -0.310. The number of carbonyl (C=O) groups is 1. The van der Waals surface area contributed by atoms with Gasteiger partial charge in [0, 0.05) is 11.0 Å². The maximum Gasteiger partial charge on any atom is 0.330 e. The number of allylic oxidation sites excluding steroid dienone is 6. The number of aryl methyl sites for hydroxylation is 1. The minimum absolute atomic E-state index is 0.310. The van der Waals surface area contributed by atoms with Gasteiger partial charge in [-0.25, -0.2) is 4.79 Å². The molecule has 0 atom stereocenters. The van der Waals surface area contributed by atoms with E-state index >= 15 is 0 Å². The van der Waals surface area contributed by atoms with E-state index < -0.39 is 0 Å². The molecule has 0 bridgehead atoms. The number of esters is 1. The van der Waals surface area contributed by atoms with Crippen LogP contribution in [-0.4, -0.2) is 12.6 Å². The van der Waals surface area contributed by atoms with Crippen LogP contribution in [0.3, 0.4) is 0 Å². The summed E-state index contributed by atoms with van der Waals surface area (Å²) in [5.74, 6) is -0.310. The summed E-state index contributed by atoms with van der Waals surface area (Å²) in [6.07, 6.45) is 11.4. The zero-order valence-electron chi connectivity index (χ0n) is 14.3. The summed E-state index contributed by atoms with van der Waals surface area (Å²) in [6.45, 7) is 10.2. The third-order valence-electron chi connectivity index (χ3n) is 3.18. The highest BCUT2D eigenvalue weighted by atomic mass is 35.5. The van der Waals surface area contributed by atoms with Gasteiger partial charge in [0.05, 0.1) is 10.9 Å². The molecule has 0 aliphatic heterocycles. The average molecular weight is 351 g/mol. The van der Waals surface area contributed by atoms with Gasteiger partial charge < -0.3 is 4.74 Å². The normalized spacial score (nSPS) is 13.3. The van der Waals surface area contributed by atoms with Gasteiger partial charge in [-0.3, -0.25) is 0 Å². The van der Waals surface area contributed by atoms with E-state index in [0.29, 0.717) is 6.61 Å². The first-order valence-electron chi connectivity index (χ1n) is 7.48. The van der Waals surface area contributed by atoms with E-state index in [-0.39, 0.29) is 5.97 Å². The molecule has 4 heteroatoms. The molecular formula is C19H23ClO2S. The van der Waals surface area contributed by atoms with Gasteiger partial charge in [0.1, 0.15) is 0 Å². The first kappa shape index (κ1) is 19.5. The summed E-state index contributed by atoms with van der Waals surface area (Å²) in [7, 11) is 0. The molecule has 0 aromatic carbocycles. The van der Waals surface area contributed by atoms with Gasteiger partial charge in [-0.2, -0.15) is 0 Å². The minimum Gasteiger partial charge on any atom is -0.463 e. The molecule has 0 fully saturated rings. The van der Waals surface area contributed by atoms with E-state index in [1.165, 1.54) is 16.5 Å². The van der Waals surface area contributed by atoms with E-state index in [1.54, 1.807) is 18.3 Å². The fraction of sp³-hybridized carbons (Fsp3) is 0.316. The van der Waals surface area contributed by atoms with Crippen LogP contribution in [0.1, 0.15) is 36.8 Å². The molecule has 0 spiro atoms. The van der Waals surface area contributed by atoms with Crippen LogP contribution in [0.5, 0.6) is 0 Å². The summed E-state index contributed by atoms with van der Waals surface area (Å²) in [6, 6.07) is 0. The molecule has 2 nitrogen and oxygen atoms in total. The second kappa shape index (κ2) is 9.53. The maximum atomic E-state index is 11.3. The van der Waals surface area contributed by atoms with Gasteiger partial charge in [-0.05, 0) is 51.3 Å². The van der Waals surface area contributed by atoms with Crippen LogP contribution >= 0.6 is 22.9 Å². The van der Waals surface area contributed by atoms with Crippen molar-refractivity contribution >= 4 is 35.0 Å². The second-order valence-electron chi connectivity index (χ2n) is 5.21. The molecule has 0 aliphatic carbocycles. The van der Waals surface area contributed by atoms with Crippen LogP contribution in [0.15, 0.2) is 41.5 Å². The van der Waals surface area contributed by atoms with E-state index in [0.717, 1.165) is 21.0 Å². The molecule has 1 aromatic heterocycles. The SMILES string of the molecule is CCOC(=O)C=C(C)C=CC=C(C)C=Cc1c(C)sc(Cl)c1C. The average Bonchev–Trinajstić information content (AvgIpc) is 2.70. The van der Waals surface area contributed by atoms with Crippen LogP contribution in [0.2, 0.25) is 4.34 Å². The third kappa shape index (κ3) is 6.59. The Morgan fingerprint density at radius 2 is 1.91 bits per heavy atom. The van der Waals surface area contributed by atoms with E-state index in [2.05, 4.69) is 19.1 Å². The van der Waals surface area contributed by atoms with Gasteiger partial charge in [0.15, 0.2) is 0 Å². The molecule has 1 heterocycles. The second-order valence-corrected chi connectivity index (χ2v) is 7.04. The number of thiophene rings is 1. The first-order chi connectivity index (χ1) is 10.8. The predicted octanol–water partition coefficient (Wildman–Crippen LogP) is 6.04. The molecule has 124 valence electrons. The Balaban J connectivity index is 2.72. The summed E-state index contributed by atoms with van der Waals surface area (Å²) in [5.41, 5.74) is 4.29. The Morgan fingerprint density at radius 1 is 1.22 bits per heavy atom. The van der Waals surface area contributed by atoms with Crippen LogP contribution in [0, 0.1) is 13.8 Å². The molecule has 1 rings (SSSR count). The van der Waals surface area contributed by atoms with E-state index in [4.69, 9.17) is 16.3 Å². The lowest BCUT2D eigenvalue weighted by Crippen LogP contribution is -1.99. The molecule has 0 saturated carbocycles. The molecule has 0 amide bonds. The Labute approximate surface area is 147 Å². The first-order valence-corrected chi connectivity index (χ1v) is 8.68. The van der Waals surface area contributed by atoms with Crippen molar-refractivity contribution in [3.8, 4) is 0 Å². The van der Waals surface area contributed by atoms with Crippen LogP contribution in [0.25, 0.3) is 6.08 Å². The van der Waals surface area contributed by atoms with Gasteiger partial charge in [-0.1, -0.05) is 47.6 Å². The number of ether oxygens (including phenoxy) is 1. The quantitative estimate of drug-likeness (QED) is 0.355. The number of hydrogen-bond acceptors (Lipinski definition) is 3. The van der Waals surface area contributed by atoms with Crippen molar-refractivity contribution in [1.82, 2.24) is 0 Å². The molecule has 0 aliphatic rings. The summed E-state index contributed by atoms with van der Waals surface area (Å²) >= 11 is 7.76. The van der Waals surface area contributed by atoms with Crippen molar-refractivity contribution in [2.45, 2.75) is 34.6 Å². The highest BCUT2D eigenvalue weighted by Crippen LogP contribution is 2.32. The van der Waals surface area contributed by atoms with Crippen molar-refractivity contribution in [3.05, 3.63) is 61.9 Å². The largest absolute Gasteiger partial charge is 0.463 e. The predicted molar refractivity (Wildman–Crippen MR) is 101 cm³/mol. The Kier molecular flexibility index (Phi) is 8.07. The lowest BCUT2D eigenvalue weighted by molar-refractivity contribution is -0.137. The highest BCUT2D eigenvalue weighted by Gasteiger charge is 2.07. The standard InChI is InChI=1S/C19H23ClO2S/c1-6-22-18(21)12-14(3)9-7-8-13(2)10-11-17-15(4)19(20)23-16(17)5/h7-12H,6H2,1-5H3. The number of halogens is 1. The molecule has 1 aromatic rings. The van der Waals surface area contributed by atoms with Gasteiger partial charge >= 0.3 is 5.97 Å². The molecular weight excluding hydrogens is 328 g/mol. The molecule has 0 unspecified atom stereocenters. The zero-order chi connectivity index (χ0) is 17.4. The van der Waals surface area contributed by atoms with Gasteiger partial charge in [0.25, 0.3) is 0 Å². The van der Waals surface area contributed by atoms with Gasteiger partial charge in [0.2, 0.25) is 0 Å². The molecule has 0 saturated heterocycles. The van der Waals surface area contributed by atoms with Crippen molar-refractivity contribution in [2.75, 3.05) is 6.61 Å². The van der Waals surface area contributed by atoms with E-state index in [1.807, 2.05) is 39.0 Å². The topological polar surface area (TPSA) is 26.3 Å². The summed E-state index contributed by atoms with van der Waals surface area (Å²) < 4.78 is 5.72. The number of rotatable bonds is 6. The Hall–Kier alpha value is -1.58. The Morgan fingerprint density at radius 3 is 2.48 bits per heavy atom. The fourth-order valence-electron chi connectivity index (χ4n) is 1.92. The fourth-order valence-corrected chi connectivity index (χ4v) is 3.23. The van der Waals surface area contributed by atoms with Crippen molar-refractivity contribution < 1.29 is 9.53 Å². The van der Waals surface area contributed by atoms with Crippen LogP contribution < -0.4 is 0 Å². The monoisotopic (exact) mass is 350 g/mol. The van der Waals surface area contributed by atoms with Crippen molar-refractivity contribution in [1.29, 1.82) is 0 Å². The van der Waals surface area contributed by atoms with Crippen molar-refractivity contribution in [3.63, 3.8) is 0 Å². The highest BCUT2D eigenvalue weighted by molar-refractivity contribution is 7.16. The lowest BCUT2D eigenvalue weighted by atomic mass is 10.1. The van der Waals surface area contributed by atoms with Gasteiger partial charge in [-0.15, -0.1) is 11.3 Å². The Bertz CT molecular complexity index is 676. The maximum absolute atomic E-state index is 11.3. The summed E-state index contributed by atoms with van der Waals surface area (Å²) in [5, 5.41) is 0.